The van der Waals surface area contributed by atoms with Crippen LogP contribution in [0, 0.1) is 0 Å². The van der Waals surface area contributed by atoms with Gasteiger partial charge in [-0.05, 0) is 25.0 Å². The smallest absolute Gasteiger partial charge is 0.242 e. The predicted molar refractivity (Wildman–Crippen MR) is 57.2 cm³/mol. The van der Waals surface area contributed by atoms with Gasteiger partial charge in [-0.3, -0.25) is 4.98 Å². The average molecular weight is 247 g/mol. The standard InChI is InChI=1S/C9H11ClN2O2S/c10-7-9(3-4-9)12-15(13,14)8-2-1-5-11-6-8/h1-2,5-6,12H,3-4,7H2. The molecule has 1 aromatic rings. The summed E-state index contributed by atoms with van der Waals surface area (Å²) < 4.78 is 26.3. The second kappa shape index (κ2) is 3.73. The molecule has 2 rings (SSSR count). The number of halogens is 1. The molecule has 0 atom stereocenters. The van der Waals surface area contributed by atoms with Crippen LogP contribution >= 0.6 is 11.6 Å². The first-order chi connectivity index (χ1) is 7.08. The molecule has 0 aromatic carbocycles. The fourth-order valence-corrected chi connectivity index (χ4v) is 3.10. The van der Waals surface area contributed by atoms with E-state index >= 15 is 0 Å². The first kappa shape index (κ1) is 10.9. The Kier molecular flexibility index (Phi) is 2.70. The van der Waals surface area contributed by atoms with Gasteiger partial charge in [0.15, 0.2) is 0 Å². The van der Waals surface area contributed by atoms with Crippen molar-refractivity contribution in [1.82, 2.24) is 9.71 Å². The molecule has 0 spiro atoms. The molecule has 1 aliphatic carbocycles. The zero-order chi connectivity index (χ0) is 10.9. The van der Waals surface area contributed by atoms with Crippen molar-refractivity contribution in [2.45, 2.75) is 23.3 Å². The molecule has 1 aromatic heterocycles. The lowest BCUT2D eigenvalue weighted by Crippen LogP contribution is -2.38. The van der Waals surface area contributed by atoms with Gasteiger partial charge in [0, 0.05) is 23.8 Å². The predicted octanol–water partition coefficient (Wildman–Crippen LogP) is 1.13. The number of rotatable bonds is 4. The summed E-state index contributed by atoms with van der Waals surface area (Å²) in [4.78, 5) is 3.96. The minimum Gasteiger partial charge on any atom is -0.263 e. The number of hydrogen-bond donors (Lipinski definition) is 1. The van der Waals surface area contributed by atoms with Crippen LogP contribution in [-0.2, 0) is 10.0 Å². The molecule has 1 N–H and O–H groups in total. The molecule has 0 amide bonds. The van der Waals surface area contributed by atoms with Crippen LogP contribution in [0.4, 0.5) is 0 Å². The normalized spacial score (nSPS) is 18.7. The van der Waals surface area contributed by atoms with E-state index in [-0.39, 0.29) is 4.90 Å². The minimum atomic E-state index is -3.46. The van der Waals surface area contributed by atoms with Crippen LogP contribution in [0.15, 0.2) is 29.4 Å². The maximum Gasteiger partial charge on any atom is 0.242 e. The molecule has 1 aliphatic rings. The van der Waals surface area contributed by atoms with Crippen LogP contribution in [0.2, 0.25) is 0 Å². The first-order valence-corrected chi connectivity index (χ1v) is 6.60. The van der Waals surface area contributed by atoms with Crippen LogP contribution in [0.25, 0.3) is 0 Å². The molecule has 15 heavy (non-hydrogen) atoms. The highest BCUT2D eigenvalue weighted by atomic mass is 35.5. The molecule has 82 valence electrons. The lowest BCUT2D eigenvalue weighted by Gasteiger charge is -2.13. The summed E-state index contributed by atoms with van der Waals surface area (Å²) in [5, 5.41) is 0. The third kappa shape index (κ3) is 2.30. The quantitative estimate of drug-likeness (QED) is 0.811. The van der Waals surface area contributed by atoms with Crippen molar-refractivity contribution < 1.29 is 8.42 Å². The molecular weight excluding hydrogens is 236 g/mol. The number of nitrogens with one attached hydrogen (secondary N) is 1. The summed E-state index contributed by atoms with van der Waals surface area (Å²) in [5.74, 6) is 0.312. The number of hydrogen-bond acceptors (Lipinski definition) is 3. The van der Waals surface area contributed by atoms with Crippen molar-refractivity contribution >= 4 is 21.6 Å². The summed E-state index contributed by atoms with van der Waals surface area (Å²) in [7, 11) is -3.46. The SMILES string of the molecule is O=S(=O)(NC1(CCl)CC1)c1cccnc1. The monoisotopic (exact) mass is 246 g/mol. The van der Waals surface area contributed by atoms with Crippen LogP contribution in [0.1, 0.15) is 12.8 Å². The van der Waals surface area contributed by atoms with Gasteiger partial charge in [-0.15, -0.1) is 11.6 Å². The van der Waals surface area contributed by atoms with Crippen molar-refractivity contribution in [3.05, 3.63) is 24.5 Å². The van der Waals surface area contributed by atoms with Crippen LogP contribution in [-0.4, -0.2) is 24.8 Å². The van der Waals surface area contributed by atoms with Gasteiger partial charge < -0.3 is 0 Å². The van der Waals surface area contributed by atoms with Gasteiger partial charge >= 0.3 is 0 Å². The Labute approximate surface area is 93.7 Å². The van der Waals surface area contributed by atoms with Crippen molar-refractivity contribution in [2.75, 3.05) is 5.88 Å². The molecule has 0 saturated heterocycles. The number of aromatic nitrogens is 1. The number of sulfonamides is 1. The number of alkyl halides is 1. The zero-order valence-corrected chi connectivity index (χ0v) is 9.55. The van der Waals surface area contributed by atoms with E-state index in [1.165, 1.54) is 18.5 Å². The highest BCUT2D eigenvalue weighted by Gasteiger charge is 2.45. The second-order valence-electron chi connectivity index (χ2n) is 3.71. The number of nitrogens with zero attached hydrogens (tertiary/aromatic N) is 1. The molecule has 1 heterocycles. The Hall–Kier alpha value is -0.650. The maximum absolute atomic E-state index is 11.8. The van der Waals surface area contributed by atoms with Gasteiger partial charge in [-0.2, -0.15) is 0 Å². The van der Waals surface area contributed by atoms with Crippen molar-refractivity contribution in [1.29, 1.82) is 0 Å². The summed E-state index contributed by atoms with van der Waals surface area (Å²) in [5.41, 5.74) is -0.420. The molecule has 0 unspecified atom stereocenters. The van der Waals surface area contributed by atoms with E-state index in [0.29, 0.717) is 5.88 Å². The van der Waals surface area contributed by atoms with Crippen molar-refractivity contribution in [3.63, 3.8) is 0 Å². The fourth-order valence-electron chi connectivity index (χ4n) is 1.26. The Balaban J connectivity index is 2.22. The Morgan fingerprint density at radius 3 is 2.73 bits per heavy atom. The van der Waals surface area contributed by atoms with Crippen molar-refractivity contribution in [3.8, 4) is 0 Å². The van der Waals surface area contributed by atoms with Crippen LogP contribution < -0.4 is 4.72 Å². The first-order valence-electron chi connectivity index (χ1n) is 4.58. The van der Waals surface area contributed by atoms with E-state index in [1.54, 1.807) is 6.07 Å². The van der Waals surface area contributed by atoms with Gasteiger partial charge in [0.05, 0.1) is 0 Å². The summed E-state index contributed by atoms with van der Waals surface area (Å²) in [6, 6.07) is 3.11. The molecule has 1 fully saturated rings. The summed E-state index contributed by atoms with van der Waals surface area (Å²) in [6.07, 6.45) is 4.46. The lowest BCUT2D eigenvalue weighted by molar-refractivity contribution is 0.559. The van der Waals surface area contributed by atoms with E-state index in [9.17, 15) is 8.42 Å². The third-order valence-corrected chi connectivity index (χ3v) is 4.48. The highest BCUT2D eigenvalue weighted by molar-refractivity contribution is 7.89. The number of pyridine rings is 1. The average Bonchev–Trinajstić information content (AvgIpc) is 2.99. The Morgan fingerprint density at radius 1 is 1.53 bits per heavy atom. The lowest BCUT2D eigenvalue weighted by atomic mass is 10.4. The molecule has 1 saturated carbocycles. The zero-order valence-electron chi connectivity index (χ0n) is 7.98. The van der Waals surface area contributed by atoms with Gasteiger partial charge in [-0.1, -0.05) is 0 Å². The summed E-state index contributed by atoms with van der Waals surface area (Å²) >= 11 is 5.71. The van der Waals surface area contributed by atoms with E-state index in [4.69, 9.17) is 11.6 Å². The Morgan fingerprint density at radius 2 is 2.27 bits per heavy atom. The molecule has 4 nitrogen and oxygen atoms in total. The van der Waals surface area contributed by atoms with E-state index in [0.717, 1.165) is 12.8 Å². The molecule has 0 radical (unpaired) electrons. The van der Waals surface area contributed by atoms with E-state index < -0.39 is 15.6 Å². The van der Waals surface area contributed by atoms with Gasteiger partial charge in [-0.25, -0.2) is 13.1 Å². The van der Waals surface area contributed by atoms with Gasteiger partial charge in [0.25, 0.3) is 0 Å². The van der Waals surface area contributed by atoms with Gasteiger partial charge in [0.1, 0.15) is 4.90 Å². The molecule has 0 bridgehead atoms. The topological polar surface area (TPSA) is 59.1 Å². The van der Waals surface area contributed by atoms with E-state index in [2.05, 4.69) is 9.71 Å². The molecule has 0 aliphatic heterocycles. The maximum atomic E-state index is 11.8. The van der Waals surface area contributed by atoms with Crippen LogP contribution in [0.5, 0.6) is 0 Å². The van der Waals surface area contributed by atoms with Crippen molar-refractivity contribution in [2.24, 2.45) is 0 Å². The van der Waals surface area contributed by atoms with Crippen LogP contribution in [0.3, 0.4) is 0 Å². The molecular formula is C9H11ClN2O2S. The third-order valence-electron chi connectivity index (χ3n) is 2.40. The summed E-state index contributed by atoms with van der Waals surface area (Å²) in [6.45, 7) is 0. The highest BCUT2D eigenvalue weighted by Crippen LogP contribution is 2.37. The van der Waals surface area contributed by atoms with E-state index in [1.807, 2.05) is 0 Å². The molecule has 6 heteroatoms. The fraction of sp³-hybridized carbons (Fsp3) is 0.444. The second-order valence-corrected chi connectivity index (χ2v) is 5.66. The largest absolute Gasteiger partial charge is 0.263 e. The Bertz CT molecular complexity index is 442. The minimum absolute atomic E-state index is 0.182. The van der Waals surface area contributed by atoms with Gasteiger partial charge in [0.2, 0.25) is 10.0 Å².